The van der Waals surface area contributed by atoms with E-state index < -0.39 is 0 Å². The molecular weight excluding hydrogens is 328 g/mol. The number of nitrogen functional groups attached to an aromatic ring is 1. The molecule has 0 saturated heterocycles. The summed E-state index contributed by atoms with van der Waals surface area (Å²) in [5.74, 6) is 6.74. The largest absolute Gasteiger partial charge is 0.308 e. The molecule has 21 heavy (non-hydrogen) atoms. The van der Waals surface area contributed by atoms with E-state index in [1.165, 1.54) is 0 Å². The molecule has 0 amide bonds. The highest BCUT2D eigenvalue weighted by Gasteiger charge is 2.08. The third-order valence-corrected chi connectivity index (χ3v) is 3.57. The number of rotatable bonds is 3. The number of hydrogen-bond donors (Lipinski definition) is 2. The Morgan fingerprint density at radius 2 is 1.57 bits per heavy atom. The maximum absolute atomic E-state index is 5.52. The summed E-state index contributed by atoms with van der Waals surface area (Å²) in [6.07, 6.45) is 0. The van der Waals surface area contributed by atoms with E-state index in [4.69, 9.17) is 5.84 Å². The summed E-state index contributed by atoms with van der Waals surface area (Å²) in [7, 11) is 0. The molecule has 1 aromatic heterocycles. The van der Waals surface area contributed by atoms with E-state index in [0.29, 0.717) is 11.6 Å². The molecular formula is C16H13BrN4. The van der Waals surface area contributed by atoms with Gasteiger partial charge in [-0.1, -0.05) is 58.4 Å². The Balaban J connectivity index is 2.11. The van der Waals surface area contributed by atoms with Crippen molar-refractivity contribution >= 4 is 21.7 Å². The second-order valence-corrected chi connectivity index (χ2v) is 5.39. The first kappa shape index (κ1) is 13.7. The fraction of sp³-hybridized carbons (Fsp3) is 0. The van der Waals surface area contributed by atoms with E-state index in [1.807, 2.05) is 60.7 Å². The van der Waals surface area contributed by atoms with Gasteiger partial charge in [0.1, 0.15) is 5.82 Å². The van der Waals surface area contributed by atoms with E-state index in [9.17, 15) is 0 Å². The average Bonchev–Trinajstić information content (AvgIpc) is 2.56. The van der Waals surface area contributed by atoms with Crippen molar-refractivity contribution in [3.05, 3.63) is 65.1 Å². The zero-order chi connectivity index (χ0) is 14.7. The lowest BCUT2D eigenvalue weighted by Gasteiger charge is -2.08. The van der Waals surface area contributed by atoms with E-state index in [2.05, 4.69) is 31.3 Å². The molecule has 4 nitrogen and oxygen atoms in total. The maximum atomic E-state index is 5.52. The number of benzene rings is 2. The fourth-order valence-corrected chi connectivity index (χ4v) is 2.27. The number of anilines is 1. The molecule has 0 spiro atoms. The molecule has 0 bridgehead atoms. The zero-order valence-corrected chi connectivity index (χ0v) is 12.7. The molecule has 2 aromatic carbocycles. The lowest BCUT2D eigenvalue weighted by Crippen LogP contribution is -2.09. The predicted molar refractivity (Wildman–Crippen MR) is 88.4 cm³/mol. The van der Waals surface area contributed by atoms with Crippen LogP contribution in [-0.2, 0) is 0 Å². The van der Waals surface area contributed by atoms with E-state index >= 15 is 0 Å². The average molecular weight is 341 g/mol. The standard InChI is InChI=1S/C16H13BrN4/c17-13-8-6-12(7-9-13)16-19-14(10-15(20-16)21-18)11-4-2-1-3-5-11/h1-10H,18H2,(H,19,20,21). The SMILES string of the molecule is NNc1cc(-c2ccccc2)nc(-c2ccc(Br)cc2)n1. The molecule has 0 fully saturated rings. The van der Waals surface area contributed by atoms with Crippen LogP contribution in [0.15, 0.2) is 65.1 Å². The summed E-state index contributed by atoms with van der Waals surface area (Å²) in [4.78, 5) is 9.04. The summed E-state index contributed by atoms with van der Waals surface area (Å²) >= 11 is 3.42. The van der Waals surface area contributed by atoms with Gasteiger partial charge in [0, 0.05) is 21.7 Å². The van der Waals surface area contributed by atoms with Crippen LogP contribution < -0.4 is 11.3 Å². The molecule has 0 aliphatic heterocycles. The van der Waals surface area contributed by atoms with Gasteiger partial charge < -0.3 is 5.43 Å². The topological polar surface area (TPSA) is 63.8 Å². The second kappa shape index (κ2) is 6.03. The van der Waals surface area contributed by atoms with Crippen LogP contribution in [0.1, 0.15) is 0 Å². The molecule has 0 saturated carbocycles. The summed E-state index contributed by atoms with van der Waals surface area (Å²) < 4.78 is 1.02. The third-order valence-electron chi connectivity index (χ3n) is 3.05. The Kier molecular flexibility index (Phi) is 3.94. The first-order valence-electron chi connectivity index (χ1n) is 6.43. The number of nitrogens with zero attached hydrogens (tertiary/aromatic N) is 2. The first-order valence-corrected chi connectivity index (χ1v) is 7.22. The van der Waals surface area contributed by atoms with Crippen molar-refractivity contribution in [2.24, 2.45) is 5.84 Å². The molecule has 3 N–H and O–H groups in total. The normalized spacial score (nSPS) is 10.4. The van der Waals surface area contributed by atoms with Crippen molar-refractivity contribution in [3.63, 3.8) is 0 Å². The van der Waals surface area contributed by atoms with Crippen LogP contribution in [0.2, 0.25) is 0 Å². The summed E-state index contributed by atoms with van der Waals surface area (Å²) in [6.45, 7) is 0. The Morgan fingerprint density at radius 3 is 2.24 bits per heavy atom. The van der Waals surface area contributed by atoms with Crippen molar-refractivity contribution in [1.82, 2.24) is 9.97 Å². The monoisotopic (exact) mass is 340 g/mol. The number of aromatic nitrogens is 2. The molecule has 0 aliphatic rings. The molecule has 104 valence electrons. The van der Waals surface area contributed by atoms with Crippen LogP contribution in [0, 0.1) is 0 Å². The van der Waals surface area contributed by atoms with Gasteiger partial charge in [0.05, 0.1) is 5.69 Å². The van der Waals surface area contributed by atoms with Crippen LogP contribution in [0.25, 0.3) is 22.6 Å². The van der Waals surface area contributed by atoms with Crippen molar-refractivity contribution < 1.29 is 0 Å². The molecule has 3 rings (SSSR count). The lowest BCUT2D eigenvalue weighted by atomic mass is 10.1. The van der Waals surface area contributed by atoms with Crippen LogP contribution in [0.3, 0.4) is 0 Å². The molecule has 1 heterocycles. The molecule has 5 heteroatoms. The summed E-state index contributed by atoms with van der Waals surface area (Å²) in [5.41, 5.74) is 5.39. The second-order valence-electron chi connectivity index (χ2n) is 4.48. The van der Waals surface area contributed by atoms with Crippen molar-refractivity contribution in [1.29, 1.82) is 0 Å². The maximum Gasteiger partial charge on any atom is 0.162 e. The minimum absolute atomic E-state index is 0.585. The van der Waals surface area contributed by atoms with Gasteiger partial charge in [-0.3, -0.25) is 0 Å². The fourth-order valence-electron chi connectivity index (χ4n) is 2.01. The van der Waals surface area contributed by atoms with Gasteiger partial charge in [0.2, 0.25) is 0 Å². The highest BCUT2D eigenvalue weighted by molar-refractivity contribution is 9.10. The van der Waals surface area contributed by atoms with Crippen LogP contribution in [0.5, 0.6) is 0 Å². The molecule has 0 unspecified atom stereocenters. The lowest BCUT2D eigenvalue weighted by molar-refractivity contribution is 1.15. The number of halogens is 1. The van der Waals surface area contributed by atoms with Gasteiger partial charge in [0.25, 0.3) is 0 Å². The molecule has 0 atom stereocenters. The highest BCUT2D eigenvalue weighted by Crippen LogP contribution is 2.24. The molecule has 0 radical (unpaired) electrons. The Morgan fingerprint density at radius 1 is 0.857 bits per heavy atom. The van der Waals surface area contributed by atoms with Crippen molar-refractivity contribution in [2.75, 3.05) is 5.43 Å². The van der Waals surface area contributed by atoms with Gasteiger partial charge in [-0.05, 0) is 12.1 Å². The smallest absolute Gasteiger partial charge is 0.162 e. The van der Waals surface area contributed by atoms with Gasteiger partial charge >= 0.3 is 0 Å². The first-order chi connectivity index (χ1) is 10.3. The quantitative estimate of drug-likeness (QED) is 0.561. The van der Waals surface area contributed by atoms with Crippen molar-refractivity contribution in [2.45, 2.75) is 0 Å². The Hall–Kier alpha value is -2.24. The number of nitrogens with one attached hydrogen (secondary N) is 1. The Bertz CT molecular complexity index is 742. The van der Waals surface area contributed by atoms with E-state index in [-0.39, 0.29) is 0 Å². The predicted octanol–water partition coefficient (Wildman–Crippen LogP) is 3.86. The summed E-state index contributed by atoms with van der Waals surface area (Å²) in [5, 5.41) is 0. The minimum atomic E-state index is 0.585. The highest BCUT2D eigenvalue weighted by atomic mass is 79.9. The van der Waals surface area contributed by atoms with Crippen LogP contribution in [0.4, 0.5) is 5.82 Å². The van der Waals surface area contributed by atoms with Gasteiger partial charge in [0.15, 0.2) is 5.82 Å². The third kappa shape index (κ3) is 3.09. The summed E-state index contributed by atoms with van der Waals surface area (Å²) in [6, 6.07) is 19.6. The van der Waals surface area contributed by atoms with Gasteiger partial charge in [-0.25, -0.2) is 15.8 Å². The van der Waals surface area contributed by atoms with Crippen LogP contribution >= 0.6 is 15.9 Å². The van der Waals surface area contributed by atoms with Crippen molar-refractivity contribution in [3.8, 4) is 22.6 Å². The number of nitrogens with two attached hydrogens (primary N) is 1. The minimum Gasteiger partial charge on any atom is -0.308 e. The van der Waals surface area contributed by atoms with Gasteiger partial charge in [-0.15, -0.1) is 0 Å². The van der Waals surface area contributed by atoms with Crippen LogP contribution in [-0.4, -0.2) is 9.97 Å². The van der Waals surface area contributed by atoms with E-state index in [1.54, 1.807) is 0 Å². The number of hydrogen-bond acceptors (Lipinski definition) is 4. The Labute approximate surface area is 131 Å². The molecule has 0 aliphatic carbocycles. The number of hydrazine groups is 1. The molecule has 3 aromatic rings. The van der Waals surface area contributed by atoms with E-state index in [0.717, 1.165) is 21.3 Å². The zero-order valence-electron chi connectivity index (χ0n) is 11.1. The van der Waals surface area contributed by atoms with Gasteiger partial charge in [-0.2, -0.15) is 0 Å².